The lowest BCUT2D eigenvalue weighted by atomic mass is 10.1. The summed E-state index contributed by atoms with van der Waals surface area (Å²) in [6.45, 7) is 0.430. The van der Waals surface area contributed by atoms with E-state index in [1.807, 2.05) is 48.5 Å². The fourth-order valence-corrected chi connectivity index (χ4v) is 2.53. The van der Waals surface area contributed by atoms with Crippen LogP contribution in [-0.2, 0) is 6.61 Å². The van der Waals surface area contributed by atoms with Gasteiger partial charge in [0.05, 0.1) is 0 Å². The van der Waals surface area contributed by atoms with Crippen LogP contribution in [-0.4, -0.2) is 10.8 Å². The number of hydrogen-bond acceptors (Lipinski definition) is 3. The first-order chi connectivity index (χ1) is 12.2. The minimum absolute atomic E-state index is 0.0467. The summed E-state index contributed by atoms with van der Waals surface area (Å²) in [5, 5.41) is 0. The number of carbonyl (C=O) groups is 1. The molecule has 0 spiro atoms. The van der Waals surface area contributed by atoms with Gasteiger partial charge in [-0.25, -0.2) is 0 Å². The van der Waals surface area contributed by atoms with Crippen LogP contribution < -0.4 is 4.74 Å². The van der Waals surface area contributed by atoms with E-state index in [0.29, 0.717) is 12.2 Å². The molecule has 3 nitrogen and oxygen atoms in total. The van der Waals surface area contributed by atoms with Crippen molar-refractivity contribution in [3.8, 4) is 5.75 Å². The fraction of sp³-hybridized carbons (Fsp3) is 0.0476. The molecule has 0 saturated heterocycles. The third-order valence-electron chi connectivity index (χ3n) is 3.58. The Morgan fingerprint density at radius 3 is 2.60 bits per heavy atom. The standard InChI is InChI=1S/C21H16BrNO2/c22-19-10-7-17(8-11-19)20(24)12-9-18-5-1-2-6-21(18)25-15-16-4-3-13-23-14-16/h1-14H,15H2/b12-9+. The molecule has 0 radical (unpaired) electrons. The zero-order valence-corrected chi connectivity index (χ0v) is 15.0. The number of nitrogens with zero attached hydrogens (tertiary/aromatic N) is 1. The van der Waals surface area contributed by atoms with E-state index in [1.54, 1.807) is 36.7 Å². The van der Waals surface area contributed by atoms with E-state index in [9.17, 15) is 4.79 Å². The van der Waals surface area contributed by atoms with Crippen LogP contribution in [0.15, 0.2) is 83.6 Å². The number of pyridine rings is 1. The van der Waals surface area contributed by atoms with E-state index >= 15 is 0 Å². The first-order valence-electron chi connectivity index (χ1n) is 7.81. The molecule has 4 heteroatoms. The smallest absolute Gasteiger partial charge is 0.185 e. The van der Waals surface area contributed by atoms with Crippen molar-refractivity contribution in [3.05, 3.63) is 100 Å². The van der Waals surface area contributed by atoms with Crippen LogP contribution >= 0.6 is 15.9 Å². The van der Waals surface area contributed by atoms with Crippen LogP contribution in [0.1, 0.15) is 21.5 Å². The minimum Gasteiger partial charge on any atom is -0.488 e. The van der Waals surface area contributed by atoms with Crippen molar-refractivity contribution in [2.75, 3.05) is 0 Å². The lowest BCUT2D eigenvalue weighted by Gasteiger charge is -2.09. The monoisotopic (exact) mass is 393 g/mol. The highest BCUT2D eigenvalue weighted by atomic mass is 79.9. The van der Waals surface area contributed by atoms with Crippen molar-refractivity contribution >= 4 is 27.8 Å². The molecule has 0 saturated carbocycles. The number of ether oxygens (including phenoxy) is 1. The Bertz CT molecular complexity index is 874. The average Bonchev–Trinajstić information content (AvgIpc) is 2.66. The Labute approximate surface area is 155 Å². The number of allylic oxidation sites excluding steroid dienone is 1. The summed E-state index contributed by atoms with van der Waals surface area (Å²) in [5.41, 5.74) is 2.50. The first-order valence-corrected chi connectivity index (χ1v) is 8.60. The zero-order valence-electron chi connectivity index (χ0n) is 13.4. The van der Waals surface area contributed by atoms with Gasteiger partial charge in [-0.3, -0.25) is 9.78 Å². The van der Waals surface area contributed by atoms with Gasteiger partial charge >= 0.3 is 0 Å². The van der Waals surface area contributed by atoms with Gasteiger partial charge in [0.1, 0.15) is 12.4 Å². The van der Waals surface area contributed by atoms with Gasteiger partial charge in [0.15, 0.2) is 5.78 Å². The van der Waals surface area contributed by atoms with Crippen LogP contribution in [0.5, 0.6) is 5.75 Å². The number of benzene rings is 2. The highest BCUT2D eigenvalue weighted by Crippen LogP contribution is 2.21. The molecule has 25 heavy (non-hydrogen) atoms. The van der Waals surface area contributed by atoms with E-state index in [2.05, 4.69) is 20.9 Å². The summed E-state index contributed by atoms with van der Waals surface area (Å²) in [7, 11) is 0. The molecule has 2 aromatic carbocycles. The van der Waals surface area contributed by atoms with Crippen LogP contribution in [0.3, 0.4) is 0 Å². The predicted molar refractivity (Wildman–Crippen MR) is 103 cm³/mol. The molecule has 0 aliphatic heterocycles. The summed E-state index contributed by atoms with van der Waals surface area (Å²) >= 11 is 3.37. The van der Waals surface area contributed by atoms with Gasteiger partial charge in [-0.15, -0.1) is 0 Å². The molecule has 1 aromatic heterocycles. The third kappa shape index (κ3) is 4.88. The second kappa shape index (κ2) is 8.40. The second-order valence-corrected chi connectivity index (χ2v) is 6.31. The van der Waals surface area contributed by atoms with Crippen molar-refractivity contribution in [2.24, 2.45) is 0 Å². The van der Waals surface area contributed by atoms with Crippen molar-refractivity contribution in [2.45, 2.75) is 6.61 Å². The highest BCUT2D eigenvalue weighted by molar-refractivity contribution is 9.10. The number of para-hydroxylation sites is 1. The summed E-state index contributed by atoms with van der Waals surface area (Å²) in [6.07, 6.45) is 6.85. The Morgan fingerprint density at radius 1 is 1.04 bits per heavy atom. The maximum Gasteiger partial charge on any atom is 0.185 e. The van der Waals surface area contributed by atoms with E-state index in [1.165, 1.54) is 0 Å². The summed E-state index contributed by atoms with van der Waals surface area (Å²) in [6, 6.07) is 18.8. The van der Waals surface area contributed by atoms with Crippen LogP contribution in [0, 0.1) is 0 Å². The van der Waals surface area contributed by atoms with E-state index in [4.69, 9.17) is 4.74 Å². The average molecular weight is 394 g/mol. The number of ketones is 1. The molecular formula is C21H16BrNO2. The van der Waals surface area contributed by atoms with Gasteiger partial charge in [-0.2, -0.15) is 0 Å². The van der Waals surface area contributed by atoms with Crippen LogP contribution in [0.2, 0.25) is 0 Å². The third-order valence-corrected chi connectivity index (χ3v) is 4.11. The molecular weight excluding hydrogens is 378 g/mol. The lowest BCUT2D eigenvalue weighted by molar-refractivity contribution is 0.104. The molecule has 0 amide bonds. The van der Waals surface area contributed by atoms with Gasteiger partial charge in [0.2, 0.25) is 0 Å². The summed E-state index contributed by atoms with van der Waals surface area (Å²) in [5.74, 6) is 0.681. The Morgan fingerprint density at radius 2 is 1.84 bits per heavy atom. The molecule has 0 atom stereocenters. The van der Waals surface area contributed by atoms with Gasteiger partial charge in [-0.05, 0) is 48.6 Å². The molecule has 124 valence electrons. The fourth-order valence-electron chi connectivity index (χ4n) is 2.27. The highest BCUT2D eigenvalue weighted by Gasteiger charge is 2.04. The predicted octanol–water partition coefficient (Wildman–Crippen LogP) is 5.32. The SMILES string of the molecule is O=C(/C=C/c1ccccc1OCc1cccnc1)c1ccc(Br)cc1. The molecule has 3 rings (SSSR count). The molecule has 0 N–H and O–H groups in total. The number of carbonyl (C=O) groups excluding carboxylic acids is 1. The Hall–Kier alpha value is -2.72. The first kappa shape index (κ1) is 17.1. The number of aromatic nitrogens is 1. The van der Waals surface area contributed by atoms with E-state index in [0.717, 1.165) is 21.3 Å². The van der Waals surface area contributed by atoms with Crippen LogP contribution in [0.25, 0.3) is 6.08 Å². The number of halogens is 1. The lowest BCUT2D eigenvalue weighted by Crippen LogP contribution is -1.97. The van der Waals surface area contributed by atoms with Crippen molar-refractivity contribution < 1.29 is 9.53 Å². The van der Waals surface area contributed by atoms with E-state index < -0.39 is 0 Å². The van der Waals surface area contributed by atoms with Gasteiger partial charge in [0.25, 0.3) is 0 Å². The molecule has 0 unspecified atom stereocenters. The summed E-state index contributed by atoms with van der Waals surface area (Å²) < 4.78 is 6.81. The molecule has 0 bridgehead atoms. The number of rotatable bonds is 6. The molecule has 0 fully saturated rings. The van der Waals surface area contributed by atoms with Gasteiger partial charge < -0.3 is 4.74 Å². The van der Waals surface area contributed by atoms with Crippen LogP contribution in [0.4, 0.5) is 0 Å². The van der Waals surface area contributed by atoms with E-state index in [-0.39, 0.29) is 5.78 Å². The molecule has 3 aromatic rings. The minimum atomic E-state index is -0.0467. The van der Waals surface area contributed by atoms with Gasteiger partial charge in [0, 0.05) is 33.6 Å². The molecule has 0 aliphatic rings. The summed E-state index contributed by atoms with van der Waals surface area (Å²) in [4.78, 5) is 16.3. The second-order valence-electron chi connectivity index (χ2n) is 5.39. The Balaban J connectivity index is 1.72. The van der Waals surface area contributed by atoms with Crippen molar-refractivity contribution in [3.63, 3.8) is 0 Å². The quantitative estimate of drug-likeness (QED) is 0.420. The van der Waals surface area contributed by atoms with Crippen molar-refractivity contribution in [1.29, 1.82) is 0 Å². The normalized spacial score (nSPS) is 10.8. The van der Waals surface area contributed by atoms with Crippen molar-refractivity contribution in [1.82, 2.24) is 4.98 Å². The topological polar surface area (TPSA) is 39.2 Å². The van der Waals surface area contributed by atoms with Gasteiger partial charge in [-0.1, -0.05) is 40.2 Å². The molecule has 0 aliphatic carbocycles. The largest absolute Gasteiger partial charge is 0.488 e. The Kier molecular flexibility index (Phi) is 5.75. The number of hydrogen-bond donors (Lipinski definition) is 0. The zero-order chi connectivity index (χ0) is 17.5. The maximum absolute atomic E-state index is 12.3. The molecule has 1 heterocycles. The maximum atomic E-state index is 12.3.